The molecule has 1 amide bonds. The number of carbonyl (C=O) groups excluding carboxylic acids is 1. The van der Waals surface area contributed by atoms with E-state index in [0.717, 1.165) is 31.2 Å². The van der Waals surface area contributed by atoms with Crippen LogP contribution >= 0.6 is 0 Å². The molecule has 0 heterocycles. The maximum absolute atomic E-state index is 12.9. The van der Waals surface area contributed by atoms with Gasteiger partial charge in [0.05, 0.1) is 6.61 Å². The van der Waals surface area contributed by atoms with Crippen molar-refractivity contribution in [3.63, 3.8) is 0 Å². The summed E-state index contributed by atoms with van der Waals surface area (Å²) in [5, 5.41) is 12.7. The Hall–Kier alpha value is -1.42. The second-order valence-corrected chi connectivity index (χ2v) is 6.67. The molecule has 1 atom stereocenters. The van der Waals surface area contributed by atoms with Crippen molar-refractivity contribution in [3.8, 4) is 0 Å². The lowest BCUT2D eigenvalue weighted by Gasteiger charge is -2.36. The molecule has 0 saturated heterocycles. The highest BCUT2D eigenvalue weighted by atomic mass is 19.1. The standard InChI is InChI=1S/C18H26FNO2/c1-14(11-15-5-7-16(19)8-6-15)17(22)20-12-18(13-21)9-3-2-4-10-18/h5-8,14,21H,2-4,9-13H2,1H3,(H,20,22). The van der Waals surface area contributed by atoms with Gasteiger partial charge in [-0.1, -0.05) is 38.3 Å². The first kappa shape index (κ1) is 16.9. The molecule has 1 aliphatic rings. The lowest BCUT2D eigenvalue weighted by Crippen LogP contribution is -2.43. The maximum atomic E-state index is 12.9. The second kappa shape index (κ2) is 7.73. The lowest BCUT2D eigenvalue weighted by atomic mass is 9.74. The SMILES string of the molecule is CC(Cc1ccc(F)cc1)C(=O)NCC1(CO)CCCCC1. The molecular weight excluding hydrogens is 281 g/mol. The third kappa shape index (κ3) is 4.54. The fourth-order valence-corrected chi connectivity index (χ4v) is 3.21. The average molecular weight is 307 g/mol. The molecule has 1 aliphatic carbocycles. The zero-order valence-corrected chi connectivity index (χ0v) is 13.3. The molecule has 2 rings (SSSR count). The molecule has 1 aromatic carbocycles. The van der Waals surface area contributed by atoms with Gasteiger partial charge in [0.15, 0.2) is 0 Å². The summed E-state index contributed by atoms with van der Waals surface area (Å²) in [5.74, 6) is -0.421. The molecule has 4 heteroatoms. The molecule has 122 valence electrons. The molecule has 3 nitrogen and oxygen atoms in total. The number of nitrogens with one attached hydrogen (secondary N) is 1. The zero-order valence-electron chi connectivity index (χ0n) is 13.3. The van der Waals surface area contributed by atoms with E-state index in [1.165, 1.54) is 18.6 Å². The molecule has 22 heavy (non-hydrogen) atoms. The van der Waals surface area contributed by atoms with E-state index in [9.17, 15) is 14.3 Å². The van der Waals surface area contributed by atoms with E-state index < -0.39 is 0 Å². The molecule has 1 fully saturated rings. The number of aliphatic hydroxyl groups excluding tert-OH is 1. The van der Waals surface area contributed by atoms with Crippen LogP contribution in [0.5, 0.6) is 0 Å². The smallest absolute Gasteiger partial charge is 0.223 e. The van der Waals surface area contributed by atoms with E-state index in [2.05, 4.69) is 5.32 Å². The van der Waals surface area contributed by atoms with Gasteiger partial charge in [-0.25, -0.2) is 4.39 Å². The Kier molecular flexibility index (Phi) is 5.95. The number of hydrogen-bond donors (Lipinski definition) is 2. The molecule has 0 spiro atoms. The summed E-state index contributed by atoms with van der Waals surface area (Å²) in [6.45, 7) is 2.57. The molecule has 0 aliphatic heterocycles. The summed E-state index contributed by atoms with van der Waals surface area (Å²) in [5.41, 5.74) is 0.822. The number of hydrogen-bond acceptors (Lipinski definition) is 2. The van der Waals surface area contributed by atoms with Gasteiger partial charge in [0.1, 0.15) is 5.82 Å². The predicted molar refractivity (Wildman–Crippen MR) is 84.9 cm³/mol. The molecule has 0 aromatic heterocycles. The van der Waals surface area contributed by atoms with Crippen LogP contribution in [0.15, 0.2) is 24.3 Å². The number of halogens is 1. The van der Waals surface area contributed by atoms with E-state index in [1.807, 2.05) is 6.92 Å². The number of aliphatic hydroxyl groups is 1. The van der Waals surface area contributed by atoms with Crippen LogP contribution in [0.4, 0.5) is 4.39 Å². The molecule has 2 N–H and O–H groups in total. The minimum Gasteiger partial charge on any atom is -0.396 e. The van der Waals surface area contributed by atoms with Crippen LogP contribution in [0.3, 0.4) is 0 Å². The maximum Gasteiger partial charge on any atom is 0.223 e. The molecule has 1 unspecified atom stereocenters. The first-order valence-corrected chi connectivity index (χ1v) is 8.18. The van der Waals surface area contributed by atoms with Gasteiger partial charge >= 0.3 is 0 Å². The Balaban J connectivity index is 1.84. The predicted octanol–water partition coefficient (Wildman–Crippen LogP) is 3.06. The molecule has 1 saturated carbocycles. The van der Waals surface area contributed by atoms with Crippen molar-refractivity contribution >= 4 is 5.91 Å². The summed E-state index contributed by atoms with van der Waals surface area (Å²) >= 11 is 0. The van der Waals surface area contributed by atoms with Crippen molar-refractivity contribution in [1.82, 2.24) is 5.32 Å². The average Bonchev–Trinajstić information content (AvgIpc) is 2.55. The fourth-order valence-electron chi connectivity index (χ4n) is 3.21. The van der Waals surface area contributed by atoms with E-state index >= 15 is 0 Å². The number of rotatable bonds is 6. The van der Waals surface area contributed by atoms with Gasteiger partial charge < -0.3 is 10.4 Å². The third-order valence-corrected chi connectivity index (χ3v) is 4.79. The van der Waals surface area contributed by atoms with Crippen LogP contribution < -0.4 is 5.32 Å². The number of benzene rings is 1. The summed E-state index contributed by atoms with van der Waals surface area (Å²) in [4.78, 5) is 12.2. The van der Waals surface area contributed by atoms with E-state index in [1.54, 1.807) is 12.1 Å². The van der Waals surface area contributed by atoms with Crippen LogP contribution in [0, 0.1) is 17.2 Å². The molecule has 1 aromatic rings. The number of carbonyl (C=O) groups is 1. The van der Waals surface area contributed by atoms with Crippen molar-refractivity contribution in [1.29, 1.82) is 0 Å². The largest absolute Gasteiger partial charge is 0.396 e. The fraction of sp³-hybridized carbons (Fsp3) is 0.611. The van der Waals surface area contributed by atoms with Crippen molar-refractivity contribution in [2.24, 2.45) is 11.3 Å². The van der Waals surface area contributed by atoms with Gasteiger partial charge in [0, 0.05) is 17.9 Å². The van der Waals surface area contributed by atoms with E-state index in [0.29, 0.717) is 13.0 Å². The van der Waals surface area contributed by atoms with Gasteiger partial charge in [-0.05, 0) is 37.0 Å². The minimum absolute atomic E-state index is 0.00252. The lowest BCUT2D eigenvalue weighted by molar-refractivity contribution is -0.125. The van der Waals surface area contributed by atoms with Crippen molar-refractivity contribution in [2.75, 3.05) is 13.2 Å². The highest BCUT2D eigenvalue weighted by Gasteiger charge is 2.32. The monoisotopic (exact) mass is 307 g/mol. The van der Waals surface area contributed by atoms with Crippen molar-refractivity contribution in [3.05, 3.63) is 35.6 Å². The normalized spacial score (nSPS) is 18.7. The quantitative estimate of drug-likeness (QED) is 0.848. The topological polar surface area (TPSA) is 49.3 Å². The molecular formula is C18H26FNO2. The van der Waals surface area contributed by atoms with Crippen LogP contribution in [-0.2, 0) is 11.2 Å². The van der Waals surface area contributed by atoms with Gasteiger partial charge in [-0.2, -0.15) is 0 Å². The van der Waals surface area contributed by atoms with Gasteiger partial charge in [0.25, 0.3) is 0 Å². The van der Waals surface area contributed by atoms with Crippen molar-refractivity contribution in [2.45, 2.75) is 45.4 Å². The van der Waals surface area contributed by atoms with Crippen LogP contribution in [0.25, 0.3) is 0 Å². The summed E-state index contributed by atoms with van der Waals surface area (Å²) in [6.07, 6.45) is 6.03. The Morgan fingerprint density at radius 1 is 1.27 bits per heavy atom. The van der Waals surface area contributed by atoms with Crippen molar-refractivity contribution < 1.29 is 14.3 Å². The Morgan fingerprint density at radius 3 is 2.50 bits per heavy atom. The highest BCUT2D eigenvalue weighted by molar-refractivity contribution is 5.78. The summed E-state index contributed by atoms with van der Waals surface area (Å²) < 4.78 is 12.9. The Morgan fingerprint density at radius 2 is 1.91 bits per heavy atom. The van der Waals surface area contributed by atoms with Crippen LogP contribution in [0.1, 0.15) is 44.6 Å². The third-order valence-electron chi connectivity index (χ3n) is 4.79. The first-order chi connectivity index (χ1) is 10.5. The van der Waals surface area contributed by atoms with Gasteiger partial charge in [-0.15, -0.1) is 0 Å². The van der Waals surface area contributed by atoms with Gasteiger partial charge in [-0.3, -0.25) is 4.79 Å². The summed E-state index contributed by atoms with van der Waals surface area (Å²) in [7, 11) is 0. The van der Waals surface area contributed by atoms with E-state index in [4.69, 9.17) is 0 Å². The Labute approximate surface area is 131 Å². The van der Waals surface area contributed by atoms with Gasteiger partial charge in [0.2, 0.25) is 5.91 Å². The summed E-state index contributed by atoms with van der Waals surface area (Å²) in [6, 6.07) is 6.27. The highest BCUT2D eigenvalue weighted by Crippen LogP contribution is 2.35. The molecule has 0 bridgehead atoms. The number of amides is 1. The first-order valence-electron chi connectivity index (χ1n) is 8.18. The van der Waals surface area contributed by atoms with Crippen LogP contribution in [-0.4, -0.2) is 24.2 Å². The second-order valence-electron chi connectivity index (χ2n) is 6.67. The Bertz CT molecular complexity index is 480. The van der Waals surface area contributed by atoms with E-state index in [-0.39, 0.29) is 29.7 Å². The van der Waals surface area contributed by atoms with Crippen LogP contribution in [0.2, 0.25) is 0 Å². The zero-order chi connectivity index (χ0) is 16.0. The molecule has 0 radical (unpaired) electrons. The minimum atomic E-state index is -0.261.